The second-order valence-electron chi connectivity index (χ2n) is 6.42. The van der Waals surface area contributed by atoms with E-state index in [0.29, 0.717) is 4.90 Å². The van der Waals surface area contributed by atoms with E-state index in [1.54, 1.807) is 28.2 Å². The van der Waals surface area contributed by atoms with Crippen LogP contribution < -0.4 is 3.71 Å². The van der Waals surface area contributed by atoms with Gasteiger partial charge in [0.1, 0.15) is 0 Å². The molecule has 3 nitrogen and oxygen atoms in total. The predicted octanol–water partition coefficient (Wildman–Crippen LogP) is 3.42. The van der Waals surface area contributed by atoms with Crippen molar-refractivity contribution in [2.75, 3.05) is 0 Å². The van der Waals surface area contributed by atoms with Crippen LogP contribution in [-0.4, -0.2) is 30.8 Å². The Morgan fingerprint density at radius 1 is 0.864 bits per heavy atom. The Balaban J connectivity index is 2.39. The Hall–Kier alpha value is -1.27. The number of para-hydroxylation sites is 1. The summed E-state index contributed by atoms with van der Waals surface area (Å²) in [6.07, 6.45) is 0. The molecule has 0 N–H and O–H groups in total. The molecule has 0 atom stereocenters. The summed E-state index contributed by atoms with van der Waals surface area (Å²) < 4.78 is 28.9. The molecule has 0 aliphatic carbocycles. The minimum atomic E-state index is -3.57. The Kier molecular flexibility index (Phi) is 3.85. The molecule has 114 valence electrons. The summed E-state index contributed by atoms with van der Waals surface area (Å²) in [4.78, 5) is 7.05. The minimum absolute atomic E-state index is 0.341. The zero-order valence-electron chi connectivity index (χ0n) is 12.9. The first-order chi connectivity index (χ1) is 10.3. The fourth-order valence-electron chi connectivity index (χ4n) is 2.61. The van der Waals surface area contributed by atoms with Crippen LogP contribution in [0.5, 0.6) is 0 Å². The van der Waals surface area contributed by atoms with E-state index in [1.165, 1.54) is 0 Å². The van der Waals surface area contributed by atoms with Gasteiger partial charge in [0, 0.05) is 0 Å². The van der Waals surface area contributed by atoms with E-state index in [2.05, 4.69) is 20.9 Å². The summed E-state index contributed by atoms with van der Waals surface area (Å²) >= 11 is -2.61. The van der Waals surface area contributed by atoms with Gasteiger partial charge in [0.2, 0.25) is 0 Å². The molecule has 0 saturated heterocycles. The fourth-order valence-corrected chi connectivity index (χ4v) is 10.7. The molecule has 0 aliphatic rings. The van der Waals surface area contributed by atoms with Gasteiger partial charge in [-0.25, -0.2) is 0 Å². The normalized spacial score (nSPS) is 12.7. The van der Waals surface area contributed by atoms with Crippen LogP contribution in [0.4, 0.5) is 0 Å². The zero-order chi connectivity index (χ0) is 16.0. The van der Waals surface area contributed by atoms with Gasteiger partial charge in [0.05, 0.1) is 0 Å². The van der Waals surface area contributed by atoms with Crippen molar-refractivity contribution in [3.63, 3.8) is 0 Å². The molecule has 22 heavy (non-hydrogen) atoms. The second kappa shape index (κ2) is 5.42. The second-order valence-corrected chi connectivity index (χ2v) is 22.5. The summed E-state index contributed by atoms with van der Waals surface area (Å²) in [5, 5.41) is 0.989. The Morgan fingerprint density at radius 2 is 1.45 bits per heavy atom. The number of hydrogen-bond donors (Lipinski definition) is 0. The van der Waals surface area contributed by atoms with E-state index in [-0.39, 0.29) is 0 Å². The molecular formula is C17H19NO2SSn. The van der Waals surface area contributed by atoms with E-state index in [1.807, 2.05) is 30.3 Å². The third kappa shape index (κ3) is 2.58. The van der Waals surface area contributed by atoms with E-state index in [0.717, 1.165) is 14.6 Å². The van der Waals surface area contributed by atoms with Crippen molar-refractivity contribution in [3.8, 4) is 0 Å². The third-order valence-electron chi connectivity index (χ3n) is 3.72. The quantitative estimate of drug-likeness (QED) is 0.610. The summed E-state index contributed by atoms with van der Waals surface area (Å²) in [6.45, 7) is 0. The van der Waals surface area contributed by atoms with Gasteiger partial charge in [-0.3, -0.25) is 0 Å². The van der Waals surface area contributed by atoms with Gasteiger partial charge < -0.3 is 0 Å². The van der Waals surface area contributed by atoms with Crippen LogP contribution in [-0.2, 0) is 10.0 Å². The van der Waals surface area contributed by atoms with Crippen LogP contribution in [0.15, 0.2) is 65.6 Å². The van der Waals surface area contributed by atoms with Gasteiger partial charge in [-0.15, -0.1) is 0 Å². The molecule has 0 saturated carbocycles. The SMILES string of the molecule is [CH3][Sn]([CH3])([CH3])[c]1cc2ccccc2n1S(=O)(=O)c1ccccc1. The average molecular weight is 420 g/mol. The molecule has 0 fully saturated rings. The van der Waals surface area contributed by atoms with Crippen LogP contribution in [0.25, 0.3) is 10.9 Å². The zero-order valence-corrected chi connectivity index (χ0v) is 16.6. The van der Waals surface area contributed by atoms with Crippen molar-refractivity contribution < 1.29 is 8.42 Å². The summed E-state index contributed by atoms with van der Waals surface area (Å²) in [5.74, 6) is 0. The molecule has 1 aromatic heterocycles. The predicted molar refractivity (Wildman–Crippen MR) is 93.9 cm³/mol. The number of nitrogens with zero attached hydrogens (tertiary/aromatic N) is 1. The molecule has 0 unspecified atom stereocenters. The third-order valence-corrected chi connectivity index (χ3v) is 11.4. The Labute approximate surface area is 135 Å². The van der Waals surface area contributed by atoms with E-state index in [4.69, 9.17) is 0 Å². The molecule has 3 aromatic rings. The van der Waals surface area contributed by atoms with Gasteiger partial charge in [-0.05, 0) is 0 Å². The molecule has 0 aliphatic heterocycles. The van der Waals surface area contributed by atoms with Crippen LogP contribution >= 0.6 is 0 Å². The van der Waals surface area contributed by atoms with Crippen LogP contribution in [0.1, 0.15) is 0 Å². The number of fused-ring (bicyclic) bond motifs is 1. The van der Waals surface area contributed by atoms with Crippen molar-refractivity contribution in [2.45, 2.75) is 19.7 Å². The average Bonchev–Trinajstić information content (AvgIpc) is 2.88. The molecule has 0 radical (unpaired) electrons. The van der Waals surface area contributed by atoms with Gasteiger partial charge in [0.15, 0.2) is 0 Å². The van der Waals surface area contributed by atoms with Crippen molar-refractivity contribution in [1.29, 1.82) is 0 Å². The van der Waals surface area contributed by atoms with E-state index >= 15 is 0 Å². The van der Waals surface area contributed by atoms with Crippen LogP contribution in [0.3, 0.4) is 0 Å². The van der Waals surface area contributed by atoms with Crippen molar-refractivity contribution in [3.05, 3.63) is 60.7 Å². The molecule has 0 amide bonds. The Morgan fingerprint density at radius 3 is 2.09 bits per heavy atom. The molecule has 1 heterocycles. The summed E-state index contributed by atoms with van der Waals surface area (Å²) in [6, 6.07) is 18.4. The molecular weight excluding hydrogens is 401 g/mol. The number of hydrogen-bond acceptors (Lipinski definition) is 2. The standard InChI is InChI=1S/C14H10NO2S.3CH3.Sn/c16-18(17,13-7-2-1-3-8-13)15-11-10-12-6-4-5-9-14(12)15;;;;/h1-10H;3*1H3;. The van der Waals surface area contributed by atoms with Gasteiger partial charge in [0.25, 0.3) is 0 Å². The van der Waals surface area contributed by atoms with E-state index < -0.39 is 28.4 Å². The molecule has 2 aromatic carbocycles. The molecule has 0 bridgehead atoms. The number of benzene rings is 2. The molecule has 5 heteroatoms. The fraction of sp³-hybridized carbons (Fsp3) is 0.176. The van der Waals surface area contributed by atoms with Gasteiger partial charge in [-0.2, -0.15) is 0 Å². The first-order valence-electron chi connectivity index (χ1n) is 7.23. The number of aromatic nitrogens is 1. The maximum atomic E-state index is 13.2. The van der Waals surface area contributed by atoms with Gasteiger partial charge >= 0.3 is 136 Å². The number of rotatable bonds is 3. The first kappa shape index (κ1) is 15.6. The van der Waals surface area contributed by atoms with Crippen molar-refractivity contribution in [1.82, 2.24) is 3.97 Å². The monoisotopic (exact) mass is 421 g/mol. The first-order valence-corrected chi connectivity index (χ1v) is 18.7. The van der Waals surface area contributed by atoms with Crippen molar-refractivity contribution >= 4 is 43.0 Å². The topological polar surface area (TPSA) is 39.1 Å². The van der Waals surface area contributed by atoms with Gasteiger partial charge in [-0.1, -0.05) is 0 Å². The molecule has 3 rings (SSSR count). The van der Waals surface area contributed by atoms with Crippen molar-refractivity contribution in [2.24, 2.45) is 0 Å². The van der Waals surface area contributed by atoms with Crippen LogP contribution in [0, 0.1) is 0 Å². The van der Waals surface area contributed by atoms with Crippen LogP contribution in [0.2, 0.25) is 14.8 Å². The Bertz CT molecular complexity index is 922. The molecule has 0 spiro atoms. The summed E-state index contributed by atoms with van der Waals surface area (Å²) in [5.41, 5.74) is 0.771. The maximum absolute atomic E-state index is 13.2. The summed E-state index contributed by atoms with van der Waals surface area (Å²) in [7, 11) is -3.57. The van der Waals surface area contributed by atoms with E-state index in [9.17, 15) is 8.42 Å².